The quantitative estimate of drug-likeness (QED) is 0.746. The first-order valence-electron chi connectivity index (χ1n) is 6.13. The van der Waals surface area contributed by atoms with E-state index in [1.54, 1.807) is 10.9 Å². The fraction of sp³-hybridized carbons (Fsp3) is 0.357. The van der Waals surface area contributed by atoms with Gasteiger partial charge in [-0.25, -0.2) is 0 Å². The number of aromatic nitrogens is 2. The second-order valence-electron chi connectivity index (χ2n) is 5.08. The van der Waals surface area contributed by atoms with Crippen molar-refractivity contribution in [2.24, 2.45) is 7.05 Å². The summed E-state index contributed by atoms with van der Waals surface area (Å²) in [6.45, 7) is 1.98. The molecule has 18 heavy (non-hydrogen) atoms. The van der Waals surface area contributed by atoms with Crippen molar-refractivity contribution < 1.29 is 5.11 Å². The second-order valence-corrected chi connectivity index (χ2v) is 5.08. The summed E-state index contributed by atoms with van der Waals surface area (Å²) in [6, 6.07) is 5.74. The molecule has 1 aromatic heterocycles. The molecule has 0 bridgehead atoms. The predicted octanol–water partition coefficient (Wildman–Crippen LogP) is 1.49. The molecule has 0 aliphatic heterocycles. The molecule has 94 valence electrons. The zero-order valence-corrected chi connectivity index (χ0v) is 10.6. The molecule has 1 aliphatic rings. The van der Waals surface area contributed by atoms with E-state index in [9.17, 15) is 5.11 Å². The van der Waals surface area contributed by atoms with Crippen LogP contribution in [0.3, 0.4) is 0 Å². The van der Waals surface area contributed by atoms with Crippen LogP contribution in [0.1, 0.15) is 28.8 Å². The molecule has 1 heterocycles. The fourth-order valence-corrected chi connectivity index (χ4v) is 3.06. The summed E-state index contributed by atoms with van der Waals surface area (Å²) in [4.78, 5) is 0. The maximum Gasteiger partial charge on any atom is 0.132 e. The minimum Gasteiger partial charge on any atom is -0.399 e. The Labute approximate surface area is 106 Å². The predicted molar refractivity (Wildman–Crippen MR) is 70.1 cm³/mol. The molecule has 0 saturated carbocycles. The van der Waals surface area contributed by atoms with Gasteiger partial charge in [0.15, 0.2) is 0 Å². The second kappa shape index (κ2) is 3.59. The van der Waals surface area contributed by atoms with Crippen LogP contribution < -0.4 is 5.73 Å². The number of nitrogens with two attached hydrogens (primary N) is 1. The highest BCUT2D eigenvalue weighted by Gasteiger charge is 2.41. The highest BCUT2D eigenvalue weighted by Crippen LogP contribution is 2.43. The van der Waals surface area contributed by atoms with Gasteiger partial charge in [-0.05, 0) is 48.6 Å². The largest absolute Gasteiger partial charge is 0.399 e. The monoisotopic (exact) mass is 243 g/mol. The van der Waals surface area contributed by atoms with E-state index in [0.29, 0.717) is 6.42 Å². The topological polar surface area (TPSA) is 64.1 Å². The van der Waals surface area contributed by atoms with Crippen LogP contribution in [0, 0.1) is 6.92 Å². The zero-order valence-electron chi connectivity index (χ0n) is 10.6. The van der Waals surface area contributed by atoms with E-state index < -0.39 is 5.60 Å². The average Bonchev–Trinajstić information content (AvgIpc) is 2.81. The Morgan fingerprint density at radius 3 is 2.89 bits per heavy atom. The number of hydrogen-bond acceptors (Lipinski definition) is 3. The Balaban J connectivity index is 2.20. The Morgan fingerprint density at radius 1 is 1.44 bits per heavy atom. The Hall–Kier alpha value is -1.81. The maximum atomic E-state index is 11.1. The van der Waals surface area contributed by atoms with E-state index in [0.717, 1.165) is 34.5 Å². The number of benzene rings is 1. The lowest BCUT2D eigenvalue weighted by Crippen LogP contribution is -2.28. The van der Waals surface area contributed by atoms with Gasteiger partial charge in [0.1, 0.15) is 5.60 Å². The third-order valence-corrected chi connectivity index (χ3v) is 3.84. The lowest BCUT2D eigenvalue weighted by molar-refractivity contribution is 0.0733. The standard InChI is InChI=1S/C14H17N3O/c1-9-8-16-17(2)13(9)14(18)6-5-10-7-11(15)3-4-12(10)14/h3-4,7-8,18H,5-6,15H2,1-2H3. The van der Waals surface area contributed by atoms with Gasteiger partial charge in [0, 0.05) is 12.7 Å². The van der Waals surface area contributed by atoms with Crippen molar-refractivity contribution in [1.82, 2.24) is 9.78 Å². The Bertz CT molecular complexity index is 598. The molecular formula is C14H17N3O. The molecule has 0 radical (unpaired) electrons. The molecule has 1 aromatic carbocycles. The first-order chi connectivity index (χ1) is 8.52. The van der Waals surface area contributed by atoms with E-state index in [1.807, 2.05) is 32.2 Å². The lowest BCUT2D eigenvalue weighted by Gasteiger charge is -2.25. The van der Waals surface area contributed by atoms with Crippen LogP contribution in [0.15, 0.2) is 24.4 Å². The molecule has 0 fully saturated rings. The minimum absolute atomic E-state index is 0.687. The highest BCUT2D eigenvalue weighted by atomic mass is 16.3. The van der Waals surface area contributed by atoms with Gasteiger partial charge in [-0.2, -0.15) is 5.10 Å². The normalized spacial score (nSPS) is 22.2. The number of rotatable bonds is 1. The first-order valence-corrected chi connectivity index (χ1v) is 6.13. The smallest absolute Gasteiger partial charge is 0.132 e. The average molecular weight is 243 g/mol. The summed E-state index contributed by atoms with van der Waals surface area (Å²) in [5.74, 6) is 0. The number of nitrogens with zero attached hydrogens (tertiary/aromatic N) is 2. The molecule has 1 atom stereocenters. The van der Waals surface area contributed by atoms with E-state index in [2.05, 4.69) is 5.10 Å². The first kappa shape index (κ1) is 11.3. The van der Waals surface area contributed by atoms with Gasteiger partial charge in [-0.3, -0.25) is 4.68 Å². The molecule has 0 spiro atoms. The fourth-order valence-electron chi connectivity index (χ4n) is 3.06. The van der Waals surface area contributed by atoms with Crippen molar-refractivity contribution in [2.75, 3.05) is 5.73 Å². The van der Waals surface area contributed by atoms with Crippen molar-refractivity contribution in [1.29, 1.82) is 0 Å². The summed E-state index contributed by atoms with van der Waals surface area (Å²) in [5, 5.41) is 15.3. The molecule has 1 unspecified atom stereocenters. The summed E-state index contributed by atoms with van der Waals surface area (Å²) < 4.78 is 1.76. The van der Waals surface area contributed by atoms with Crippen molar-refractivity contribution >= 4 is 5.69 Å². The van der Waals surface area contributed by atoms with Crippen LogP contribution >= 0.6 is 0 Å². The molecule has 1 aliphatic carbocycles. The Morgan fingerprint density at radius 2 is 2.22 bits per heavy atom. The van der Waals surface area contributed by atoms with Crippen LogP contribution in [0.5, 0.6) is 0 Å². The summed E-state index contributed by atoms with van der Waals surface area (Å²) in [6.07, 6.45) is 3.33. The Kier molecular flexibility index (Phi) is 2.25. The van der Waals surface area contributed by atoms with E-state index in [1.165, 1.54) is 0 Å². The summed E-state index contributed by atoms with van der Waals surface area (Å²) in [5.41, 5.74) is 9.61. The SMILES string of the molecule is Cc1cnn(C)c1C1(O)CCc2cc(N)ccc21. The van der Waals surface area contributed by atoms with Crippen LogP contribution in [0.4, 0.5) is 5.69 Å². The molecule has 4 heteroatoms. The maximum absolute atomic E-state index is 11.1. The van der Waals surface area contributed by atoms with Crippen LogP contribution in [0.25, 0.3) is 0 Å². The molecule has 0 saturated heterocycles. The van der Waals surface area contributed by atoms with Crippen molar-refractivity contribution in [3.8, 4) is 0 Å². The van der Waals surface area contributed by atoms with Gasteiger partial charge < -0.3 is 10.8 Å². The summed E-state index contributed by atoms with van der Waals surface area (Å²) in [7, 11) is 1.87. The number of aryl methyl sites for hydroxylation is 3. The van der Waals surface area contributed by atoms with Gasteiger partial charge in [0.2, 0.25) is 0 Å². The molecule has 2 aromatic rings. The van der Waals surface area contributed by atoms with Crippen molar-refractivity contribution in [3.05, 3.63) is 46.8 Å². The van der Waals surface area contributed by atoms with E-state index in [4.69, 9.17) is 5.73 Å². The van der Waals surface area contributed by atoms with Crippen molar-refractivity contribution in [2.45, 2.75) is 25.4 Å². The molecule has 4 nitrogen and oxygen atoms in total. The molecule has 3 N–H and O–H groups in total. The number of nitrogen functional groups attached to an aromatic ring is 1. The number of anilines is 1. The molecular weight excluding hydrogens is 226 g/mol. The molecule has 3 rings (SSSR count). The van der Waals surface area contributed by atoms with Crippen molar-refractivity contribution in [3.63, 3.8) is 0 Å². The minimum atomic E-state index is -0.932. The number of hydrogen-bond donors (Lipinski definition) is 2. The van der Waals surface area contributed by atoms with E-state index in [-0.39, 0.29) is 0 Å². The van der Waals surface area contributed by atoms with Crippen LogP contribution in [-0.2, 0) is 19.1 Å². The van der Waals surface area contributed by atoms with Gasteiger partial charge in [0.05, 0.1) is 11.9 Å². The van der Waals surface area contributed by atoms with Gasteiger partial charge >= 0.3 is 0 Å². The third-order valence-electron chi connectivity index (χ3n) is 3.84. The third kappa shape index (κ3) is 1.39. The molecule has 0 amide bonds. The van der Waals surface area contributed by atoms with Crippen LogP contribution in [0.2, 0.25) is 0 Å². The van der Waals surface area contributed by atoms with Gasteiger partial charge in [-0.15, -0.1) is 0 Å². The van der Waals surface area contributed by atoms with Gasteiger partial charge in [0.25, 0.3) is 0 Å². The van der Waals surface area contributed by atoms with E-state index >= 15 is 0 Å². The highest BCUT2D eigenvalue weighted by molar-refractivity contribution is 5.52. The number of fused-ring (bicyclic) bond motifs is 1. The van der Waals surface area contributed by atoms with Gasteiger partial charge in [-0.1, -0.05) is 6.07 Å². The summed E-state index contributed by atoms with van der Waals surface area (Å²) >= 11 is 0. The lowest BCUT2D eigenvalue weighted by atomic mass is 9.90. The zero-order chi connectivity index (χ0) is 12.9. The number of aliphatic hydroxyl groups is 1. The van der Waals surface area contributed by atoms with Crippen LogP contribution in [-0.4, -0.2) is 14.9 Å².